The molecule has 0 fully saturated rings. The summed E-state index contributed by atoms with van der Waals surface area (Å²) < 4.78 is 27.3. The molecule has 134 valence electrons. The fraction of sp³-hybridized carbons (Fsp3) is 0. The zero-order chi connectivity index (χ0) is 18.7. The van der Waals surface area contributed by atoms with Crippen LogP contribution in [0.25, 0.3) is 20.4 Å². The molecule has 0 spiro atoms. The monoisotopic (exact) mass is 410 g/mol. The molecular weight excluding hydrogens is 396 g/mol. The van der Waals surface area contributed by atoms with Gasteiger partial charge in [-0.25, -0.2) is 18.4 Å². The van der Waals surface area contributed by atoms with Gasteiger partial charge in [0.1, 0.15) is 0 Å². The molecule has 5 rings (SSSR count). The van der Waals surface area contributed by atoms with Crippen LogP contribution < -0.4 is 0 Å². The highest BCUT2D eigenvalue weighted by Gasteiger charge is 2.26. The molecule has 0 aliphatic heterocycles. The Hall–Kier alpha value is -2.61. The van der Waals surface area contributed by atoms with Crippen molar-refractivity contribution in [3.63, 3.8) is 0 Å². The molecule has 2 aromatic heterocycles. The Labute approximate surface area is 164 Å². The Bertz CT molecular complexity index is 1120. The molecule has 0 bridgehead atoms. The van der Waals surface area contributed by atoms with Crippen molar-refractivity contribution in [2.24, 2.45) is 0 Å². The quantitative estimate of drug-likeness (QED) is 0.390. The first-order valence-electron chi connectivity index (χ1n) is 8.11. The third-order valence-corrected chi connectivity index (χ3v) is 8.26. The topological polar surface area (TPSA) is 59.9 Å². The molecule has 0 unspecified atom stereocenters. The van der Waals surface area contributed by atoms with Crippen LogP contribution in [0.2, 0.25) is 0 Å². The van der Waals surface area contributed by atoms with E-state index in [0.29, 0.717) is 11.0 Å². The number of hydrogen-bond donors (Lipinski definition) is 0. The van der Waals surface area contributed by atoms with E-state index in [-0.39, 0.29) is 8.68 Å². The van der Waals surface area contributed by atoms with Gasteiger partial charge in [0, 0.05) is 0 Å². The van der Waals surface area contributed by atoms with E-state index in [9.17, 15) is 8.42 Å². The van der Waals surface area contributed by atoms with Crippen LogP contribution in [0.4, 0.5) is 0 Å². The first-order valence-corrected chi connectivity index (χ1v) is 11.2. The normalized spacial score (nSPS) is 11.3. The van der Waals surface area contributed by atoms with Crippen molar-refractivity contribution in [3.8, 4) is 0 Å². The van der Waals surface area contributed by atoms with Crippen molar-refractivity contribution >= 4 is 52.9 Å². The van der Waals surface area contributed by atoms with Crippen LogP contribution in [0.3, 0.4) is 0 Å². The smallest absolute Gasteiger partial charge is 0.225 e. The van der Waals surface area contributed by atoms with Crippen LogP contribution in [-0.2, 0) is 9.84 Å². The van der Waals surface area contributed by atoms with E-state index in [2.05, 4.69) is 9.97 Å². The number of hydrogen-bond acceptors (Lipinski definition) is 6. The SMILES string of the molecule is O=S(=O)(c1nc2ccccc2s1)c1nc2ccccc2s1.c1ccccc1. The van der Waals surface area contributed by atoms with Crippen molar-refractivity contribution in [3.05, 3.63) is 84.9 Å². The minimum absolute atomic E-state index is 0.0998. The lowest BCUT2D eigenvalue weighted by atomic mass is 10.3. The van der Waals surface area contributed by atoms with Crippen LogP contribution in [0.5, 0.6) is 0 Å². The van der Waals surface area contributed by atoms with Crippen molar-refractivity contribution < 1.29 is 8.42 Å². The van der Waals surface area contributed by atoms with Gasteiger partial charge in [-0.1, -0.05) is 60.7 Å². The Balaban J connectivity index is 0.000000257. The molecular formula is C20H14N2O2S3. The molecule has 4 nitrogen and oxygen atoms in total. The van der Waals surface area contributed by atoms with Crippen LogP contribution in [0, 0.1) is 0 Å². The number of fused-ring (bicyclic) bond motifs is 2. The first kappa shape index (κ1) is 17.8. The van der Waals surface area contributed by atoms with E-state index in [1.165, 1.54) is 22.7 Å². The Morgan fingerprint density at radius 2 is 0.926 bits per heavy atom. The van der Waals surface area contributed by atoms with Gasteiger partial charge in [0.2, 0.25) is 8.68 Å². The average Bonchev–Trinajstić information content (AvgIpc) is 3.35. The highest BCUT2D eigenvalue weighted by Crippen LogP contribution is 2.33. The number of nitrogens with zero attached hydrogens (tertiary/aromatic N) is 2. The predicted octanol–water partition coefficient (Wildman–Crippen LogP) is 5.43. The molecule has 3 aromatic carbocycles. The largest absolute Gasteiger partial charge is 0.260 e. The number of para-hydroxylation sites is 2. The van der Waals surface area contributed by atoms with Gasteiger partial charge in [0.05, 0.1) is 20.4 Å². The van der Waals surface area contributed by atoms with E-state index in [0.717, 1.165) is 9.40 Å². The van der Waals surface area contributed by atoms with Gasteiger partial charge in [0.15, 0.2) is 0 Å². The van der Waals surface area contributed by atoms with Crippen molar-refractivity contribution in [2.75, 3.05) is 0 Å². The van der Waals surface area contributed by atoms with E-state index in [1.807, 2.05) is 84.9 Å². The zero-order valence-corrected chi connectivity index (χ0v) is 16.5. The molecule has 0 radical (unpaired) electrons. The third-order valence-electron chi connectivity index (χ3n) is 3.67. The number of aromatic nitrogens is 2. The maximum atomic E-state index is 12.7. The second-order valence-electron chi connectivity index (χ2n) is 5.55. The molecule has 27 heavy (non-hydrogen) atoms. The minimum Gasteiger partial charge on any atom is -0.225 e. The summed E-state index contributed by atoms with van der Waals surface area (Å²) >= 11 is 2.35. The lowest BCUT2D eigenvalue weighted by molar-refractivity contribution is 0.595. The van der Waals surface area contributed by atoms with Gasteiger partial charge in [0.25, 0.3) is 9.84 Å². The van der Waals surface area contributed by atoms with Crippen LogP contribution in [-0.4, -0.2) is 18.4 Å². The summed E-state index contributed by atoms with van der Waals surface area (Å²) in [5.41, 5.74) is 1.39. The minimum atomic E-state index is -3.65. The summed E-state index contributed by atoms with van der Waals surface area (Å²) in [6, 6.07) is 26.8. The average molecular weight is 411 g/mol. The molecule has 0 saturated heterocycles. The number of benzene rings is 3. The third kappa shape index (κ3) is 3.75. The van der Waals surface area contributed by atoms with Gasteiger partial charge in [-0.15, -0.1) is 22.7 Å². The van der Waals surface area contributed by atoms with Crippen molar-refractivity contribution in [1.29, 1.82) is 0 Å². The maximum absolute atomic E-state index is 12.7. The summed E-state index contributed by atoms with van der Waals surface area (Å²) in [6.07, 6.45) is 0. The van der Waals surface area contributed by atoms with Gasteiger partial charge in [-0.05, 0) is 24.3 Å². The maximum Gasteiger partial charge on any atom is 0.260 e. The molecule has 7 heteroatoms. The first-order chi connectivity index (χ1) is 13.1. The summed E-state index contributed by atoms with van der Waals surface area (Å²) in [5.74, 6) is 0. The fourth-order valence-electron chi connectivity index (χ4n) is 2.39. The molecule has 5 aromatic rings. The summed E-state index contributed by atoms with van der Waals surface area (Å²) in [4.78, 5) is 8.46. The molecule has 0 atom stereocenters. The van der Waals surface area contributed by atoms with Crippen LogP contribution >= 0.6 is 22.7 Å². The molecule has 0 N–H and O–H groups in total. The zero-order valence-electron chi connectivity index (χ0n) is 14.0. The molecule has 0 aliphatic carbocycles. The lowest BCUT2D eigenvalue weighted by Gasteiger charge is -1.93. The second kappa shape index (κ2) is 7.56. The van der Waals surface area contributed by atoms with Gasteiger partial charge in [-0.3, -0.25) is 0 Å². The summed E-state index contributed by atoms with van der Waals surface area (Å²) in [5, 5.41) is 0. The fourth-order valence-corrected chi connectivity index (χ4v) is 6.42. The van der Waals surface area contributed by atoms with E-state index in [4.69, 9.17) is 0 Å². The number of rotatable bonds is 2. The molecule has 0 saturated carbocycles. The predicted molar refractivity (Wildman–Crippen MR) is 111 cm³/mol. The molecule has 2 heterocycles. The summed E-state index contributed by atoms with van der Waals surface area (Å²) in [7, 11) is -3.65. The second-order valence-corrected chi connectivity index (χ2v) is 9.91. The van der Waals surface area contributed by atoms with Crippen molar-refractivity contribution in [2.45, 2.75) is 8.68 Å². The lowest BCUT2D eigenvalue weighted by Crippen LogP contribution is -2.00. The number of sulfone groups is 1. The van der Waals surface area contributed by atoms with E-state index >= 15 is 0 Å². The molecule has 0 amide bonds. The van der Waals surface area contributed by atoms with Gasteiger partial charge >= 0.3 is 0 Å². The Morgan fingerprint density at radius 3 is 1.30 bits per heavy atom. The summed E-state index contributed by atoms with van der Waals surface area (Å²) in [6.45, 7) is 0. The highest BCUT2D eigenvalue weighted by molar-refractivity contribution is 7.95. The van der Waals surface area contributed by atoms with Gasteiger partial charge < -0.3 is 0 Å². The van der Waals surface area contributed by atoms with Gasteiger partial charge in [-0.2, -0.15) is 0 Å². The highest BCUT2D eigenvalue weighted by atomic mass is 32.3. The van der Waals surface area contributed by atoms with E-state index < -0.39 is 9.84 Å². The Kier molecular flexibility index (Phi) is 4.98. The molecule has 0 aliphatic rings. The van der Waals surface area contributed by atoms with E-state index in [1.54, 1.807) is 0 Å². The van der Waals surface area contributed by atoms with Crippen molar-refractivity contribution in [1.82, 2.24) is 9.97 Å². The van der Waals surface area contributed by atoms with Crippen LogP contribution in [0.1, 0.15) is 0 Å². The van der Waals surface area contributed by atoms with Crippen LogP contribution in [0.15, 0.2) is 93.6 Å². The Morgan fingerprint density at radius 1 is 0.556 bits per heavy atom. The standard InChI is InChI=1S/C14H8N2O2S3.C6H6/c17-21(18,13-15-9-5-1-3-7-11(9)19-13)14-16-10-6-2-4-8-12(10)20-14;1-2-4-6-5-3-1/h1-8H;1-6H. The number of thiazole rings is 2.